The third-order valence-electron chi connectivity index (χ3n) is 6.61. The molecule has 0 N–H and O–H groups in total. The van der Waals surface area contributed by atoms with Crippen LogP contribution in [0.2, 0.25) is 0 Å². The van der Waals surface area contributed by atoms with Crippen molar-refractivity contribution in [3.63, 3.8) is 0 Å². The molecule has 0 saturated heterocycles. The van der Waals surface area contributed by atoms with E-state index < -0.39 is 0 Å². The van der Waals surface area contributed by atoms with Crippen LogP contribution >= 0.6 is 0 Å². The van der Waals surface area contributed by atoms with Gasteiger partial charge in [-0.1, -0.05) is 72.8 Å². The van der Waals surface area contributed by atoms with E-state index in [1.54, 1.807) is 0 Å². The summed E-state index contributed by atoms with van der Waals surface area (Å²) in [6, 6.07) is 35.3. The molecular weight excluding hydrogens is 430 g/mol. The third kappa shape index (κ3) is 3.07. The van der Waals surface area contributed by atoms with E-state index in [0.29, 0.717) is 5.65 Å². The Morgan fingerprint density at radius 3 is 2.31 bits per heavy atom. The highest BCUT2D eigenvalue weighted by Gasteiger charge is 2.21. The highest BCUT2D eigenvalue weighted by atomic mass is 16.3. The van der Waals surface area contributed by atoms with E-state index in [0.717, 1.165) is 55.7 Å². The Bertz CT molecular complexity index is 1850. The van der Waals surface area contributed by atoms with Crippen molar-refractivity contribution in [3.05, 3.63) is 115 Å². The Morgan fingerprint density at radius 2 is 1.49 bits per heavy atom. The number of furan rings is 1. The topological polar surface area (TPSA) is 43.9 Å². The molecule has 0 aliphatic heterocycles. The van der Waals surface area contributed by atoms with Gasteiger partial charge in [0.2, 0.25) is 0 Å². The van der Waals surface area contributed by atoms with Gasteiger partial charge in [-0.15, -0.1) is 0 Å². The van der Waals surface area contributed by atoms with Crippen molar-refractivity contribution in [1.29, 1.82) is 0 Å². The lowest BCUT2D eigenvalue weighted by Crippen LogP contribution is -1.98. The van der Waals surface area contributed by atoms with Crippen LogP contribution in [0.1, 0.15) is 5.56 Å². The largest absolute Gasteiger partial charge is 0.455 e. The minimum absolute atomic E-state index is 0.702. The predicted octanol–water partition coefficient (Wildman–Crippen LogP) is 7.96. The van der Waals surface area contributed by atoms with Crippen molar-refractivity contribution in [2.45, 2.75) is 6.92 Å². The molecule has 7 rings (SSSR count). The highest BCUT2D eigenvalue weighted by Crippen LogP contribution is 2.39. The first kappa shape index (κ1) is 19.7. The number of hydrogen-bond acceptors (Lipinski definition) is 3. The molecule has 0 aliphatic carbocycles. The van der Waals surface area contributed by atoms with Crippen LogP contribution in [-0.2, 0) is 0 Å². The van der Waals surface area contributed by atoms with Crippen molar-refractivity contribution in [2.75, 3.05) is 0 Å². The summed E-state index contributed by atoms with van der Waals surface area (Å²) in [5.74, 6) is 0.813. The summed E-state index contributed by atoms with van der Waals surface area (Å²) in [5.41, 5.74) is 8.73. The summed E-state index contributed by atoms with van der Waals surface area (Å²) in [5, 5.41) is 2.25. The molecule has 4 aromatic carbocycles. The number of rotatable bonds is 3. The van der Waals surface area contributed by atoms with Crippen molar-refractivity contribution in [1.82, 2.24) is 14.5 Å². The molecule has 166 valence electrons. The molecule has 4 nitrogen and oxygen atoms in total. The van der Waals surface area contributed by atoms with Gasteiger partial charge in [-0.05, 0) is 48.4 Å². The molecule has 35 heavy (non-hydrogen) atoms. The van der Waals surface area contributed by atoms with Crippen LogP contribution in [0.25, 0.3) is 61.3 Å². The predicted molar refractivity (Wildman–Crippen MR) is 142 cm³/mol. The Labute approximate surface area is 202 Å². The SMILES string of the molecule is Cc1ccc(-c2nc3ncc(-c4ccccc4)cc3n2-c2ccccc2)c2oc3ccccc3c12. The molecule has 0 radical (unpaired) electrons. The number of nitrogens with zero attached hydrogens (tertiary/aromatic N) is 3. The Kier molecular flexibility index (Phi) is 4.33. The van der Waals surface area contributed by atoms with E-state index >= 15 is 0 Å². The van der Waals surface area contributed by atoms with Gasteiger partial charge in [0.1, 0.15) is 11.2 Å². The van der Waals surface area contributed by atoms with Crippen LogP contribution in [0, 0.1) is 6.92 Å². The molecule has 0 fully saturated rings. The maximum absolute atomic E-state index is 6.43. The number of benzene rings is 4. The number of para-hydroxylation sites is 2. The Hall–Kier alpha value is -4.70. The maximum atomic E-state index is 6.43. The molecule has 0 unspecified atom stereocenters. The molecule has 0 amide bonds. The standard InChI is InChI=1S/C31H21N3O/c1-20-16-17-25(29-28(20)24-14-8-9-15-27(24)35-29)31-33-30-26(34(31)23-12-6-3-7-13-23)18-22(19-32-30)21-10-4-2-5-11-21/h2-19H,1H3. The molecule has 3 heterocycles. The average Bonchev–Trinajstić information content (AvgIpc) is 3.49. The first-order valence-corrected chi connectivity index (χ1v) is 11.7. The van der Waals surface area contributed by atoms with E-state index in [1.807, 2.05) is 54.7 Å². The maximum Gasteiger partial charge on any atom is 0.178 e. The monoisotopic (exact) mass is 451 g/mol. The summed E-state index contributed by atoms with van der Waals surface area (Å²) in [4.78, 5) is 9.80. The molecule has 7 aromatic rings. The fourth-order valence-electron chi connectivity index (χ4n) is 4.94. The van der Waals surface area contributed by atoms with Crippen LogP contribution in [0.3, 0.4) is 0 Å². The summed E-state index contributed by atoms with van der Waals surface area (Å²) < 4.78 is 8.61. The lowest BCUT2D eigenvalue weighted by Gasteiger charge is -2.11. The molecule has 0 bridgehead atoms. The summed E-state index contributed by atoms with van der Waals surface area (Å²) in [7, 11) is 0. The fraction of sp³-hybridized carbons (Fsp3) is 0.0323. The molecule has 0 aliphatic rings. The van der Waals surface area contributed by atoms with Crippen molar-refractivity contribution >= 4 is 33.1 Å². The normalized spacial score (nSPS) is 11.6. The van der Waals surface area contributed by atoms with Crippen molar-refractivity contribution in [3.8, 4) is 28.2 Å². The summed E-state index contributed by atoms with van der Waals surface area (Å²) in [6.45, 7) is 2.13. The quantitative estimate of drug-likeness (QED) is 0.274. The van der Waals surface area contributed by atoms with E-state index in [9.17, 15) is 0 Å². The second kappa shape index (κ2) is 7.67. The first-order chi connectivity index (χ1) is 17.3. The number of fused-ring (bicyclic) bond motifs is 4. The van der Waals surface area contributed by atoms with E-state index in [-0.39, 0.29) is 0 Å². The number of aryl methyl sites for hydroxylation is 1. The zero-order valence-corrected chi connectivity index (χ0v) is 19.1. The van der Waals surface area contributed by atoms with Gasteiger partial charge in [0.25, 0.3) is 0 Å². The molecular formula is C31H21N3O. The second-order valence-corrected chi connectivity index (χ2v) is 8.77. The van der Waals surface area contributed by atoms with Crippen LogP contribution in [-0.4, -0.2) is 14.5 Å². The fourth-order valence-corrected chi connectivity index (χ4v) is 4.94. The summed E-state index contributed by atoms with van der Waals surface area (Å²) >= 11 is 0. The molecule has 3 aromatic heterocycles. The van der Waals surface area contributed by atoms with Crippen LogP contribution in [0.15, 0.2) is 114 Å². The zero-order valence-electron chi connectivity index (χ0n) is 19.1. The van der Waals surface area contributed by atoms with Gasteiger partial charge in [-0.25, -0.2) is 9.97 Å². The Balaban J connectivity index is 1.57. The van der Waals surface area contributed by atoms with Gasteiger partial charge in [-0.3, -0.25) is 4.57 Å². The minimum Gasteiger partial charge on any atom is -0.455 e. The highest BCUT2D eigenvalue weighted by molar-refractivity contribution is 6.11. The number of imidazole rings is 1. The van der Waals surface area contributed by atoms with Gasteiger partial charge < -0.3 is 4.42 Å². The number of pyridine rings is 1. The third-order valence-corrected chi connectivity index (χ3v) is 6.61. The average molecular weight is 452 g/mol. The summed E-state index contributed by atoms with van der Waals surface area (Å²) in [6.07, 6.45) is 1.90. The van der Waals surface area contributed by atoms with Crippen LogP contribution in [0.4, 0.5) is 0 Å². The lowest BCUT2D eigenvalue weighted by molar-refractivity contribution is 0.669. The van der Waals surface area contributed by atoms with Gasteiger partial charge in [0, 0.05) is 28.2 Å². The van der Waals surface area contributed by atoms with Crippen molar-refractivity contribution in [2.24, 2.45) is 0 Å². The van der Waals surface area contributed by atoms with Crippen molar-refractivity contribution < 1.29 is 4.42 Å². The molecule has 0 atom stereocenters. The first-order valence-electron chi connectivity index (χ1n) is 11.7. The van der Waals surface area contributed by atoms with E-state index in [1.165, 1.54) is 5.56 Å². The lowest BCUT2D eigenvalue weighted by atomic mass is 10.0. The Morgan fingerprint density at radius 1 is 0.743 bits per heavy atom. The van der Waals surface area contributed by atoms with Crippen LogP contribution in [0.5, 0.6) is 0 Å². The minimum atomic E-state index is 0.702. The van der Waals surface area contributed by atoms with E-state index in [4.69, 9.17) is 14.4 Å². The zero-order chi connectivity index (χ0) is 23.4. The second-order valence-electron chi connectivity index (χ2n) is 8.77. The van der Waals surface area contributed by atoms with E-state index in [2.05, 4.69) is 66.1 Å². The van der Waals surface area contributed by atoms with Gasteiger partial charge in [0.15, 0.2) is 11.5 Å². The van der Waals surface area contributed by atoms with Gasteiger partial charge >= 0.3 is 0 Å². The number of hydrogen-bond donors (Lipinski definition) is 0. The van der Waals surface area contributed by atoms with Gasteiger partial charge in [0.05, 0.1) is 11.1 Å². The smallest absolute Gasteiger partial charge is 0.178 e. The molecule has 0 spiro atoms. The number of aromatic nitrogens is 3. The molecule has 4 heteroatoms. The molecule has 0 saturated carbocycles. The van der Waals surface area contributed by atoms with Crippen LogP contribution < -0.4 is 0 Å². The van der Waals surface area contributed by atoms with Gasteiger partial charge in [-0.2, -0.15) is 0 Å².